The number of fused-ring (bicyclic) bond motifs is 2. The van der Waals surface area contributed by atoms with E-state index in [1.807, 2.05) is 6.92 Å². The molecule has 0 saturated heterocycles. The molecule has 1 aromatic heterocycles. The summed E-state index contributed by atoms with van der Waals surface area (Å²) in [5.41, 5.74) is -0.111. The SMILES string of the molecule is CC(=O)O.CCn1cc(C(=O)O)c(=O)c2cc3c(cc21)OCO3. The molecule has 0 bridgehead atoms. The molecular weight excluding hydrogens is 306 g/mol. The fourth-order valence-corrected chi connectivity index (χ4v) is 2.19. The lowest BCUT2D eigenvalue weighted by atomic mass is 10.1. The smallest absolute Gasteiger partial charge is 0.341 e. The van der Waals surface area contributed by atoms with Gasteiger partial charge in [0.05, 0.1) is 10.9 Å². The lowest BCUT2D eigenvalue weighted by molar-refractivity contribution is -0.134. The monoisotopic (exact) mass is 321 g/mol. The van der Waals surface area contributed by atoms with Crippen molar-refractivity contribution in [2.24, 2.45) is 0 Å². The highest BCUT2D eigenvalue weighted by Gasteiger charge is 2.20. The van der Waals surface area contributed by atoms with Gasteiger partial charge in [-0.15, -0.1) is 0 Å². The highest BCUT2D eigenvalue weighted by Crippen LogP contribution is 2.35. The highest BCUT2D eigenvalue weighted by molar-refractivity contribution is 5.93. The Kier molecular flexibility index (Phi) is 4.54. The van der Waals surface area contributed by atoms with Gasteiger partial charge in [-0.05, 0) is 13.0 Å². The topological polar surface area (TPSA) is 115 Å². The summed E-state index contributed by atoms with van der Waals surface area (Å²) in [6.45, 7) is 3.62. The van der Waals surface area contributed by atoms with Gasteiger partial charge in [0.1, 0.15) is 5.56 Å². The number of carboxylic acids is 2. The van der Waals surface area contributed by atoms with Crippen molar-refractivity contribution in [1.29, 1.82) is 0 Å². The van der Waals surface area contributed by atoms with Gasteiger partial charge < -0.3 is 24.3 Å². The van der Waals surface area contributed by atoms with Crippen LogP contribution in [0.5, 0.6) is 11.5 Å². The van der Waals surface area contributed by atoms with E-state index in [0.29, 0.717) is 28.9 Å². The average molecular weight is 321 g/mol. The summed E-state index contributed by atoms with van der Waals surface area (Å²) in [6, 6.07) is 3.24. The number of hydrogen-bond acceptors (Lipinski definition) is 5. The predicted octanol–water partition coefficient (Wildman–Crippen LogP) is 1.54. The van der Waals surface area contributed by atoms with Gasteiger partial charge >= 0.3 is 5.97 Å². The van der Waals surface area contributed by atoms with Gasteiger partial charge in [-0.1, -0.05) is 0 Å². The van der Waals surface area contributed by atoms with Crippen LogP contribution in [0.2, 0.25) is 0 Å². The minimum Gasteiger partial charge on any atom is -0.481 e. The number of rotatable bonds is 2. The first-order chi connectivity index (χ1) is 10.8. The highest BCUT2D eigenvalue weighted by atomic mass is 16.7. The third kappa shape index (κ3) is 3.25. The van der Waals surface area contributed by atoms with Crippen LogP contribution in [-0.4, -0.2) is 33.5 Å². The average Bonchev–Trinajstić information content (AvgIpc) is 2.92. The van der Waals surface area contributed by atoms with Crippen LogP contribution in [0, 0.1) is 0 Å². The molecule has 8 heteroatoms. The maximum atomic E-state index is 12.1. The Balaban J connectivity index is 0.000000433. The Morgan fingerprint density at radius 3 is 2.30 bits per heavy atom. The molecule has 1 aliphatic heterocycles. The van der Waals surface area contributed by atoms with Crippen LogP contribution in [-0.2, 0) is 11.3 Å². The van der Waals surface area contributed by atoms with Crippen LogP contribution in [0.1, 0.15) is 24.2 Å². The summed E-state index contributed by atoms with van der Waals surface area (Å²) in [5, 5.41) is 16.8. The van der Waals surface area contributed by atoms with Gasteiger partial charge in [-0.2, -0.15) is 0 Å². The van der Waals surface area contributed by atoms with Crippen LogP contribution >= 0.6 is 0 Å². The Morgan fingerprint density at radius 2 is 1.78 bits per heavy atom. The van der Waals surface area contributed by atoms with Crippen molar-refractivity contribution >= 4 is 22.8 Å². The standard InChI is InChI=1S/C13H11NO5.C2H4O2/c1-2-14-5-8(13(16)17)12(15)7-3-10-11(4-9(7)14)19-6-18-10;1-2(3)4/h3-5H,2,6H2,1H3,(H,16,17);1H3,(H,3,4). The first-order valence-electron chi connectivity index (χ1n) is 6.74. The molecule has 0 radical (unpaired) electrons. The number of aliphatic carboxylic acids is 1. The summed E-state index contributed by atoms with van der Waals surface area (Å²) in [5.74, 6) is -1.03. The number of hydrogen-bond donors (Lipinski definition) is 2. The Morgan fingerprint density at radius 1 is 1.22 bits per heavy atom. The molecule has 3 rings (SSSR count). The van der Waals surface area contributed by atoms with Crippen molar-refractivity contribution in [1.82, 2.24) is 4.57 Å². The van der Waals surface area contributed by atoms with Gasteiger partial charge in [0.25, 0.3) is 5.97 Å². The van der Waals surface area contributed by atoms with Crippen molar-refractivity contribution in [3.63, 3.8) is 0 Å². The van der Waals surface area contributed by atoms with Crippen LogP contribution in [0.4, 0.5) is 0 Å². The third-order valence-corrected chi connectivity index (χ3v) is 3.15. The lowest BCUT2D eigenvalue weighted by Gasteiger charge is -2.10. The first kappa shape index (κ1) is 16.3. The molecule has 2 aromatic rings. The molecular formula is C15H15NO7. The van der Waals surface area contributed by atoms with E-state index in [9.17, 15) is 9.59 Å². The number of aryl methyl sites for hydroxylation is 1. The minimum absolute atomic E-state index is 0.109. The maximum Gasteiger partial charge on any atom is 0.341 e. The second-order valence-electron chi connectivity index (χ2n) is 4.70. The first-order valence-corrected chi connectivity index (χ1v) is 6.74. The number of benzene rings is 1. The number of aromatic carboxylic acids is 1. The summed E-state index contributed by atoms with van der Waals surface area (Å²) < 4.78 is 12.2. The summed E-state index contributed by atoms with van der Waals surface area (Å²) in [6.07, 6.45) is 1.36. The van der Waals surface area contributed by atoms with Crippen LogP contribution in [0.25, 0.3) is 10.9 Å². The molecule has 0 aliphatic carbocycles. The third-order valence-electron chi connectivity index (χ3n) is 3.15. The van der Waals surface area contributed by atoms with E-state index in [1.165, 1.54) is 6.20 Å². The van der Waals surface area contributed by atoms with Crippen LogP contribution in [0.15, 0.2) is 23.1 Å². The summed E-state index contributed by atoms with van der Waals surface area (Å²) in [7, 11) is 0. The number of carbonyl (C=O) groups is 2. The molecule has 0 spiro atoms. The van der Waals surface area contributed by atoms with Gasteiger partial charge in [-0.3, -0.25) is 9.59 Å². The fourth-order valence-electron chi connectivity index (χ4n) is 2.19. The lowest BCUT2D eigenvalue weighted by Crippen LogP contribution is -2.18. The summed E-state index contributed by atoms with van der Waals surface area (Å²) >= 11 is 0. The molecule has 1 aromatic carbocycles. The second-order valence-corrected chi connectivity index (χ2v) is 4.70. The molecule has 0 saturated carbocycles. The van der Waals surface area contributed by atoms with E-state index in [1.54, 1.807) is 16.7 Å². The number of ether oxygens (including phenoxy) is 2. The zero-order valence-electron chi connectivity index (χ0n) is 12.5. The Bertz CT molecular complexity index is 834. The van der Waals surface area contributed by atoms with E-state index in [4.69, 9.17) is 24.5 Å². The number of nitrogens with zero attached hydrogens (tertiary/aromatic N) is 1. The molecule has 2 heterocycles. The van der Waals surface area contributed by atoms with E-state index >= 15 is 0 Å². The van der Waals surface area contributed by atoms with Gasteiger partial charge in [-0.25, -0.2) is 4.79 Å². The van der Waals surface area contributed by atoms with E-state index in [0.717, 1.165) is 6.92 Å². The van der Waals surface area contributed by atoms with Crippen molar-refractivity contribution in [2.45, 2.75) is 20.4 Å². The molecule has 1 aliphatic rings. The van der Waals surface area contributed by atoms with Gasteiger partial charge in [0.15, 0.2) is 11.5 Å². The molecule has 2 N–H and O–H groups in total. The molecule has 8 nitrogen and oxygen atoms in total. The Hall–Kier alpha value is -3.03. The number of carboxylic acid groups (broad SMARTS) is 2. The maximum absolute atomic E-state index is 12.1. The van der Waals surface area contributed by atoms with Crippen LogP contribution in [0.3, 0.4) is 0 Å². The molecule has 23 heavy (non-hydrogen) atoms. The molecule has 122 valence electrons. The molecule has 0 fully saturated rings. The zero-order chi connectivity index (χ0) is 17.1. The quantitative estimate of drug-likeness (QED) is 0.862. The largest absolute Gasteiger partial charge is 0.481 e. The van der Waals surface area contributed by atoms with Crippen molar-refractivity contribution in [3.05, 3.63) is 34.1 Å². The predicted molar refractivity (Wildman–Crippen MR) is 80.3 cm³/mol. The normalized spacial score (nSPS) is 11.7. The molecule has 0 atom stereocenters. The van der Waals surface area contributed by atoms with Gasteiger partial charge in [0.2, 0.25) is 12.2 Å². The van der Waals surface area contributed by atoms with Crippen LogP contribution < -0.4 is 14.9 Å². The van der Waals surface area contributed by atoms with Crippen molar-refractivity contribution in [2.75, 3.05) is 6.79 Å². The van der Waals surface area contributed by atoms with E-state index in [2.05, 4.69) is 0 Å². The number of pyridine rings is 1. The van der Waals surface area contributed by atoms with Gasteiger partial charge in [0, 0.05) is 25.7 Å². The molecule has 0 amide bonds. The van der Waals surface area contributed by atoms with Crippen molar-refractivity contribution in [3.8, 4) is 11.5 Å². The van der Waals surface area contributed by atoms with E-state index < -0.39 is 17.4 Å². The fraction of sp³-hybridized carbons (Fsp3) is 0.267. The molecule has 0 unspecified atom stereocenters. The second kappa shape index (κ2) is 6.39. The number of aromatic nitrogens is 1. The van der Waals surface area contributed by atoms with Crippen molar-refractivity contribution < 1.29 is 29.3 Å². The van der Waals surface area contributed by atoms with E-state index in [-0.39, 0.29) is 12.4 Å². The Labute approximate surface area is 130 Å². The zero-order valence-corrected chi connectivity index (χ0v) is 12.5. The minimum atomic E-state index is -1.23. The summed E-state index contributed by atoms with van der Waals surface area (Å²) in [4.78, 5) is 32.2.